The molecule has 60 heavy (non-hydrogen) atoms. The fourth-order valence-corrected chi connectivity index (χ4v) is 11.6. The molecule has 10 aromatic carbocycles. The van der Waals surface area contributed by atoms with E-state index in [1.165, 1.54) is 81.9 Å². The van der Waals surface area contributed by atoms with Crippen LogP contribution in [0.2, 0.25) is 6.55 Å². The Hall–Kier alpha value is -6.94. The van der Waals surface area contributed by atoms with Gasteiger partial charge in [0.2, 0.25) is 0 Å². The van der Waals surface area contributed by atoms with Gasteiger partial charge in [-0.05, 0) is 80.7 Å². The minimum Gasteiger partial charge on any atom is -0.309 e. The molecule has 0 unspecified atom stereocenters. The van der Waals surface area contributed by atoms with Crippen molar-refractivity contribution in [2.75, 3.05) is 9.80 Å². The summed E-state index contributed by atoms with van der Waals surface area (Å²) >= 11 is 0. The van der Waals surface area contributed by atoms with E-state index < -0.39 is 8.80 Å². The quantitative estimate of drug-likeness (QED) is 0.129. The van der Waals surface area contributed by atoms with Crippen LogP contribution in [0.4, 0.5) is 34.1 Å². The first-order valence-corrected chi connectivity index (χ1v) is 23.5. The number of rotatable bonds is 4. The first kappa shape index (κ1) is 36.2. The molecule has 0 aromatic heterocycles. The predicted octanol–water partition coefficient (Wildman–Crippen LogP) is 14.4. The molecule has 0 radical (unpaired) electrons. The Labute approximate surface area is 354 Å². The maximum Gasteiger partial charge on any atom is 0.0999 e. The van der Waals surface area contributed by atoms with Gasteiger partial charge < -0.3 is 9.80 Å². The number of anilines is 6. The van der Waals surface area contributed by atoms with Gasteiger partial charge in [0.15, 0.2) is 0 Å². The Morgan fingerprint density at radius 1 is 0.383 bits per heavy atom. The van der Waals surface area contributed by atoms with E-state index in [2.05, 4.69) is 237 Å². The van der Waals surface area contributed by atoms with Crippen LogP contribution in [-0.2, 0) is 5.41 Å². The monoisotopic (exact) mass is 786 g/mol. The summed E-state index contributed by atoms with van der Waals surface area (Å²) < 4.78 is 0. The van der Waals surface area contributed by atoms with E-state index in [0.29, 0.717) is 0 Å². The number of para-hydroxylation sites is 2. The highest BCUT2D eigenvalue weighted by molar-refractivity contribution is 6.84. The van der Waals surface area contributed by atoms with Crippen molar-refractivity contribution in [3.63, 3.8) is 0 Å². The van der Waals surface area contributed by atoms with Crippen molar-refractivity contribution in [3.05, 3.63) is 206 Å². The topological polar surface area (TPSA) is 6.48 Å². The molecule has 1 heterocycles. The summed E-state index contributed by atoms with van der Waals surface area (Å²) in [5, 5.41) is 10.4. The van der Waals surface area contributed by atoms with Crippen molar-refractivity contribution in [2.24, 2.45) is 0 Å². The average Bonchev–Trinajstić information content (AvgIpc) is 3.29. The van der Waals surface area contributed by atoms with Gasteiger partial charge in [0.05, 0.1) is 31.5 Å². The summed E-state index contributed by atoms with van der Waals surface area (Å²) in [5.41, 5.74) is 13.1. The highest BCUT2D eigenvalue weighted by Gasteiger charge is 2.29. The molecule has 2 nitrogen and oxygen atoms in total. The summed E-state index contributed by atoms with van der Waals surface area (Å²) in [6.45, 7) is 9.43. The van der Waals surface area contributed by atoms with Crippen molar-refractivity contribution in [2.45, 2.75) is 32.7 Å². The summed E-state index contributed by atoms with van der Waals surface area (Å²) in [7, 11) is -1.64. The Bertz CT molecular complexity index is 3020. The second-order valence-electron chi connectivity index (χ2n) is 17.4. The van der Waals surface area contributed by atoms with E-state index in [0.717, 1.165) is 22.7 Å². The first-order chi connectivity index (χ1) is 29.3. The molecule has 6 bridgehead atoms. The Morgan fingerprint density at radius 3 is 1.30 bits per heavy atom. The molecular weight excluding hydrogens is 741 g/mol. The van der Waals surface area contributed by atoms with E-state index >= 15 is 0 Å². The van der Waals surface area contributed by atoms with Crippen LogP contribution in [0.5, 0.6) is 0 Å². The van der Waals surface area contributed by atoms with Gasteiger partial charge in [-0.2, -0.15) is 0 Å². The van der Waals surface area contributed by atoms with Crippen LogP contribution in [0.25, 0.3) is 54.6 Å². The molecule has 288 valence electrons. The van der Waals surface area contributed by atoms with Crippen LogP contribution in [0, 0.1) is 0 Å². The van der Waals surface area contributed by atoms with Gasteiger partial charge >= 0.3 is 0 Å². The first-order valence-electron chi connectivity index (χ1n) is 21.2. The lowest BCUT2D eigenvalue weighted by Crippen LogP contribution is -2.39. The second kappa shape index (κ2) is 14.1. The molecule has 0 saturated heterocycles. The predicted molar refractivity (Wildman–Crippen MR) is 261 cm³/mol. The molecule has 0 fully saturated rings. The van der Waals surface area contributed by atoms with Gasteiger partial charge in [0, 0.05) is 38.7 Å². The van der Waals surface area contributed by atoms with Crippen LogP contribution in [0.1, 0.15) is 26.3 Å². The zero-order valence-corrected chi connectivity index (χ0v) is 35.7. The third-order valence-electron chi connectivity index (χ3n) is 12.7. The van der Waals surface area contributed by atoms with Crippen molar-refractivity contribution < 1.29 is 0 Å². The minimum absolute atomic E-state index is 0.0148. The molecule has 0 saturated carbocycles. The van der Waals surface area contributed by atoms with Crippen molar-refractivity contribution in [1.82, 2.24) is 0 Å². The molecule has 3 heteroatoms. The van der Waals surface area contributed by atoms with E-state index in [1.54, 1.807) is 0 Å². The van der Waals surface area contributed by atoms with E-state index in [1.807, 2.05) is 0 Å². The lowest BCUT2D eigenvalue weighted by molar-refractivity contribution is 0.591. The smallest absolute Gasteiger partial charge is 0.0999 e. The van der Waals surface area contributed by atoms with Crippen LogP contribution >= 0.6 is 0 Å². The van der Waals surface area contributed by atoms with Crippen LogP contribution in [0.15, 0.2) is 200 Å². The number of benzene rings is 10. The van der Waals surface area contributed by atoms with Crippen molar-refractivity contribution >= 4 is 85.6 Å². The SMILES string of the molecule is C[SiH]1c2cccc(c2)N(c2ccccc2-c2ccccc2)c2cc(c3ccc4cc(C(C)(C)C)cc5ccc2c3c54)N(c2ccccc2-c2ccccc2)c2cccc1c2. The van der Waals surface area contributed by atoms with Gasteiger partial charge in [-0.15, -0.1) is 0 Å². The van der Waals surface area contributed by atoms with Gasteiger partial charge in [-0.1, -0.05) is 195 Å². The molecule has 1 aliphatic heterocycles. The van der Waals surface area contributed by atoms with Crippen LogP contribution < -0.4 is 20.2 Å². The number of hydrogen-bond donors (Lipinski definition) is 0. The Balaban J connectivity index is 1.33. The Kier molecular flexibility index (Phi) is 8.51. The lowest BCUT2D eigenvalue weighted by atomic mass is 9.83. The van der Waals surface area contributed by atoms with Crippen LogP contribution in [0.3, 0.4) is 0 Å². The number of nitrogens with zero attached hydrogens (tertiary/aromatic N) is 2. The van der Waals surface area contributed by atoms with E-state index in [9.17, 15) is 0 Å². The standard InChI is InChI=1S/C57H46N2Si/c1-57(2,3)42-33-40-29-31-49-53-37-54(50-32-30-41(34-42)55(40)56(49)50)59(52-28-14-12-26-48(52)39-19-9-6-10-20-39)44-22-16-24-46(36-44)60(4)45-23-15-21-43(35-45)58(53)51-27-13-11-25-47(51)38-17-7-5-8-18-38/h5-37,60H,1-4H3. The molecule has 11 rings (SSSR count). The van der Waals surface area contributed by atoms with Gasteiger partial charge in [-0.3, -0.25) is 0 Å². The second-order valence-corrected chi connectivity index (χ2v) is 20.2. The molecular formula is C57H46N2Si. The van der Waals surface area contributed by atoms with Gasteiger partial charge in [0.25, 0.3) is 0 Å². The van der Waals surface area contributed by atoms with Crippen LogP contribution in [-0.4, -0.2) is 8.80 Å². The summed E-state index contributed by atoms with van der Waals surface area (Å²) in [6, 6.07) is 75.3. The molecule has 1 aliphatic rings. The third-order valence-corrected chi connectivity index (χ3v) is 15.5. The maximum absolute atomic E-state index is 2.56. The maximum atomic E-state index is 2.56. The summed E-state index contributed by atoms with van der Waals surface area (Å²) in [4.78, 5) is 5.11. The highest BCUT2D eigenvalue weighted by Crippen LogP contribution is 2.52. The van der Waals surface area contributed by atoms with Crippen molar-refractivity contribution in [3.8, 4) is 22.3 Å². The van der Waals surface area contributed by atoms with Gasteiger partial charge in [-0.25, -0.2) is 0 Å². The largest absolute Gasteiger partial charge is 0.309 e. The molecule has 0 N–H and O–H groups in total. The summed E-state index contributed by atoms with van der Waals surface area (Å²) in [6.07, 6.45) is 0. The van der Waals surface area contributed by atoms with E-state index in [-0.39, 0.29) is 5.41 Å². The highest BCUT2D eigenvalue weighted by atomic mass is 28.3. The molecule has 0 amide bonds. The number of hydrogen-bond acceptors (Lipinski definition) is 2. The average molecular weight is 787 g/mol. The fraction of sp³-hybridized carbons (Fsp3) is 0.0877. The third kappa shape index (κ3) is 5.92. The summed E-state index contributed by atoms with van der Waals surface area (Å²) in [5.74, 6) is 0. The van der Waals surface area contributed by atoms with Crippen molar-refractivity contribution in [1.29, 1.82) is 0 Å². The fourth-order valence-electron chi connectivity index (χ4n) is 9.62. The minimum atomic E-state index is -1.64. The zero-order chi connectivity index (χ0) is 40.5. The molecule has 0 atom stereocenters. The zero-order valence-electron chi connectivity index (χ0n) is 34.5. The lowest BCUT2D eigenvalue weighted by Gasteiger charge is -2.35. The molecule has 0 spiro atoms. The van der Waals surface area contributed by atoms with E-state index in [4.69, 9.17) is 0 Å². The normalized spacial score (nSPS) is 13.2. The number of fused-ring (bicyclic) bond motifs is 8. The molecule has 10 aromatic rings. The Morgan fingerprint density at radius 2 is 0.833 bits per heavy atom. The van der Waals surface area contributed by atoms with Gasteiger partial charge in [0.1, 0.15) is 0 Å². The molecule has 0 aliphatic carbocycles.